The van der Waals surface area contributed by atoms with Crippen molar-refractivity contribution in [3.8, 4) is 0 Å². The summed E-state index contributed by atoms with van der Waals surface area (Å²) in [5.41, 5.74) is 3.21. The lowest BCUT2D eigenvalue weighted by molar-refractivity contribution is -0.140. The first kappa shape index (κ1) is 24.6. The van der Waals surface area contributed by atoms with Gasteiger partial charge < -0.3 is 10.2 Å². The van der Waals surface area contributed by atoms with E-state index in [9.17, 15) is 9.59 Å². The quantitative estimate of drug-likeness (QED) is 0.398. The van der Waals surface area contributed by atoms with E-state index in [2.05, 4.69) is 5.32 Å². The second-order valence-corrected chi connectivity index (χ2v) is 9.13. The van der Waals surface area contributed by atoms with Gasteiger partial charge in [-0.3, -0.25) is 9.59 Å². The molecule has 0 aliphatic rings. The van der Waals surface area contributed by atoms with Gasteiger partial charge in [0.05, 0.1) is 0 Å². The van der Waals surface area contributed by atoms with Gasteiger partial charge in [-0.15, -0.1) is 11.8 Å². The van der Waals surface area contributed by atoms with E-state index in [1.54, 1.807) is 16.7 Å². The summed E-state index contributed by atoms with van der Waals surface area (Å²) in [7, 11) is 0. The van der Waals surface area contributed by atoms with Crippen LogP contribution >= 0.6 is 11.8 Å². The van der Waals surface area contributed by atoms with Crippen molar-refractivity contribution in [2.24, 2.45) is 0 Å². The molecule has 172 valence electrons. The highest BCUT2D eigenvalue weighted by molar-refractivity contribution is 7.99. The highest BCUT2D eigenvalue weighted by atomic mass is 32.2. The zero-order valence-corrected chi connectivity index (χ0v) is 20.2. The Hall–Kier alpha value is -3.05. The molecule has 1 unspecified atom stereocenters. The van der Waals surface area contributed by atoms with Crippen LogP contribution in [0.2, 0.25) is 0 Å². The number of likely N-dealkylation sites (N-methyl/N-ethyl adjacent to an activating group) is 1. The van der Waals surface area contributed by atoms with Crippen LogP contribution in [-0.4, -0.2) is 35.1 Å². The van der Waals surface area contributed by atoms with Crippen molar-refractivity contribution >= 4 is 23.6 Å². The molecule has 3 aromatic rings. The normalized spacial score (nSPS) is 11.6. The summed E-state index contributed by atoms with van der Waals surface area (Å²) in [6, 6.07) is 27.5. The molecular formula is C28H32N2O2S. The Bertz CT molecular complexity index is 1020. The number of rotatable bonds is 11. The van der Waals surface area contributed by atoms with Gasteiger partial charge in [0.25, 0.3) is 0 Å². The Morgan fingerprint density at radius 3 is 2.21 bits per heavy atom. The van der Waals surface area contributed by atoms with Gasteiger partial charge in [0, 0.05) is 36.6 Å². The molecule has 0 aliphatic heterocycles. The maximum atomic E-state index is 13.5. The number of benzene rings is 3. The lowest BCUT2D eigenvalue weighted by Crippen LogP contribution is -2.50. The van der Waals surface area contributed by atoms with Crippen molar-refractivity contribution in [3.63, 3.8) is 0 Å². The summed E-state index contributed by atoms with van der Waals surface area (Å²) >= 11 is 1.66. The first-order chi connectivity index (χ1) is 16.1. The molecule has 0 bridgehead atoms. The maximum Gasteiger partial charge on any atom is 0.243 e. The predicted octanol–water partition coefficient (Wildman–Crippen LogP) is 5.25. The van der Waals surface area contributed by atoms with E-state index in [-0.39, 0.29) is 11.8 Å². The average Bonchev–Trinajstić information content (AvgIpc) is 2.84. The third-order valence-electron chi connectivity index (χ3n) is 5.55. The fourth-order valence-electron chi connectivity index (χ4n) is 3.73. The first-order valence-corrected chi connectivity index (χ1v) is 12.4. The fourth-order valence-corrected chi connectivity index (χ4v) is 4.60. The molecule has 4 nitrogen and oxygen atoms in total. The number of aryl methyl sites for hydroxylation is 1. The molecule has 3 aromatic carbocycles. The molecule has 0 aromatic heterocycles. The summed E-state index contributed by atoms with van der Waals surface area (Å²) in [5.74, 6) is 0.550. The van der Waals surface area contributed by atoms with E-state index in [1.165, 1.54) is 0 Å². The van der Waals surface area contributed by atoms with Crippen molar-refractivity contribution in [2.75, 3.05) is 12.3 Å². The van der Waals surface area contributed by atoms with Gasteiger partial charge in [-0.2, -0.15) is 0 Å². The Balaban J connectivity index is 1.84. The number of nitrogens with zero attached hydrogens (tertiary/aromatic N) is 1. The van der Waals surface area contributed by atoms with Gasteiger partial charge in [-0.05, 0) is 42.7 Å². The molecule has 0 saturated carbocycles. The van der Waals surface area contributed by atoms with Crippen LogP contribution in [0, 0.1) is 6.92 Å². The maximum absolute atomic E-state index is 13.5. The van der Waals surface area contributed by atoms with E-state index in [0.29, 0.717) is 31.7 Å². The third kappa shape index (κ3) is 7.50. The Morgan fingerprint density at radius 2 is 1.55 bits per heavy atom. The molecule has 0 radical (unpaired) electrons. The van der Waals surface area contributed by atoms with Crippen LogP contribution < -0.4 is 5.32 Å². The smallest absolute Gasteiger partial charge is 0.243 e. The number of hydrogen-bond donors (Lipinski definition) is 1. The summed E-state index contributed by atoms with van der Waals surface area (Å²) < 4.78 is 0. The minimum Gasteiger partial charge on any atom is -0.355 e. The lowest BCUT2D eigenvalue weighted by Gasteiger charge is -2.32. The second kappa shape index (κ2) is 12.9. The Labute approximate surface area is 201 Å². The molecule has 0 aliphatic carbocycles. The molecule has 33 heavy (non-hydrogen) atoms. The first-order valence-electron chi connectivity index (χ1n) is 11.4. The van der Waals surface area contributed by atoms with Crippen LogP contribution in [0.5, 0.6) is 0 Å². The van der Waals surface area contributed by atoms with E-state index in [4.69, 9.17) is 0 Å². The van der Waals surface area contributed by atoms with Gasteiger partial charge >= 0.3 is 0 Å². The summed E-state index contributed by atoms with van der Waals surface area (Å²) in [4.78, 5) is 29.6. The van der Waals surface area contributed by atoms with Crippen LogP contribution in [0.1, 0.15) is 30.0 Å². The zero-order valence-electron chi connectivity index (χ0n) is 19.4. The molecule has 1 atom stereocenters. The number of nitrogens with one attached hydrogen (secondary N) is 1. The van der Waals surface area contributed by atoms with Gasteiger partial charge in [0.2, 0.25) is 11.8 Å². The largest absolute Gasteiger partial charge is 0.355 e. The molecule has 2 amide bonds. The second-order valence-electron chi connectivity index (χ2n) is 7.96. The molecule has 0 heterocycles. The summed E-state index contributed by atoms with van der Waals surface area (Å²) in [6.45, 7) is 4.89. The minimum atomic E-state index is -0.568. The van der Waals surface area contributed by atoms with Crippen molar-refractivity contribution in [3.05, 3.63) is 102 Å². The highest BCUT2D eigenvalue weighted by Crippen LogP contribution is 2.21. The standard InChI is InChI=1S/C28H32N2O2S/c1-3-29-28(32)26(20-23-13-6-4-7-14-23)30(21-24-15-11-10-12-22(24)2)27(31)18-19-33-25-16-8-5-9-17-25/h4-17,26H,3,18-21H2,1-2H3,(H,29,32). The average molecular weight is 461 g/mol. The molecule has 1 N–H and O–H groups in total. The molecule has 0 fully saturated rings. The molecule has 3 rings (SSSR count). The van der Waals surface area contributed by atoms with Gasteiger partial charge in [-0.25, -0.2) is 0 Å². The van der Waals surface area contributed by atoms with Crippen molar-refractivity contribution < 1.29 is 9.59 Å². The van der Waals surface area contributed by atoms with Crippen LogP contribution in [0.4, 0.5) is 0 Å². The topological polar surface area (TPSA) is 49.4 Å². The van der Waals surface area contributed by atoms with Crippen LogP contribution in [0.25, 0.3) is 0 Å². The minimum absolute atomic E-state index is 0.00568. The Morgan fingerprint density at radius 1 is 0.909 bits per heavy atom. The highest BCUT2D eigenvalue weighted by Gasteiger charge is 2.30. The molecule has 0 saturated heterocycles. The Kier molecular flexibility index (Phi) is 9.58. The fraction of sp³-hybridized carbons (Fsp3) is 0.286. The monoisotopic (exact) mass is 460 g/mol. The number of carbonyl (C=O) groups excluding carboxylic acids is 2. The summed E-state index contributed by atoms with van der Waals surface area (Å²) in [5, 5.41) is 2.95. The van der Waals surface area contributed by atoms with Crippen LogP contribution in [0.3, 0.4) is 0 Å². The SMILES string of the molecule is CCNC(=O)C(Cc1ccccc1)N(Cc1ccccc1C)C(=O)CCSc1ccccc1. The van der Waals surface area contributed by atoms with E-state index < -0.39 is 6.04 Å². The number of thioether (sulfide) groups is 1. The van der Waals surface area contributed by atoms with Gasteiger partial charge in [0.1, 0.15) is 6.04 Å². The number of carbonyl (C=O) groups is 2. The van der Waals surface area contributed by atoms with E-state index >= 15 is 0 Å². The summed E-state index contributed by atoms with van der Waals surface area (Å²) in [6.07, 6.45) is 0.853. The van der Waals surface area contributed by atoms with Crippen molar-refractivity contribution in [1.29, 1.82) is 0 Å². The van der Waals surface area contributed by atoms with Gasteiger partial charge in [0.15, 0.2) is 0 Å². The van der Waals surface area contributed by atoms with Crippen molar-refractivity contribution in [1.82, 2.24) is 10.2 Å². The third-order valence-corrected chi connectivity index (χ3v) is 6.57. The van der Waals surface area contributed by atoms with E-state index in [0.717, 1.165) is 21.6 Å². The van der Waals surface area contributed by atoms with Crippen molar-refractivity contribution in [2.45, 2.75) is 44.2 Å². The molecule has 0 spiro atoms. The molecule has 5 heteroatoms. The molecular weight excluding hydrogens is 428 g/mol. The number of amides is 2. The van der Waals surface area contributed by atoms with E-state index in [1.807, 2.05) is 98.8 Å². The number of hydrogen-bond acceptors (Lipinski definition) is 3. The lowest BCUT2D eigenvalue weighted by atomic mass is 10.0. The zero-order chi connectivity index (χ0) is 23.5. The van der Waals surface area contributed by atoms with Gasteiger partial charge in [-0.1, -0.05) is 72.8 Å². The van der Waals surface area contributed by atoms with Crippen LogP contribution in [-0.2, 0) is 22.6 Å². The van der Waals surface area contributed by atoms with Crippen LogP contribution in [0.15, 0.2) is 89.8 Å². The predicted molar refractivity (Wildman–Crippen MR) is 136 cm³/mol.